The molecule has 8 heteroatoms. The third-order valence-corrected chi connectivity index (χ3v) is 6.88. The Hall–Kier alpha value is -1.15. The Bertz CT molecular complexity index is 577. The van der Waals surface area contributed by atoms with E-state index < -0.39 is 28.0 Å². The lowest BCUT2D eigenvalue weighted by atomic mass is 9.90. The Morgan fingerprint density at radius 2 is 1.96 bits per heavy atom. The van der Waals surface area contributed by atoms with Gasteiger partial charge in [-0.25, -0.2) is 8.42 Å². The third-order valence-electron chi connectivity index (χ3n) is 4.92. The molecule has 2 aliphatic heterocycles. The number of sulfonamides is 1. The number of carboxylic acid groups (broad SMARTS) is 1. The van der Waals surface area contributed by atoms with E-state index in [0.29, 0.717) is 38.8 Å². The second-order valence-electron chi connectivity index (χ2n) is 7.06. The maximum absolute atomic E-state index is 12.9. The average molecular weight is 360 g/mol. The van der Waals surface area contributed by atoms with Crippen LogP contribution in [0.15, 0.2) is 0 Å². The molecule has 1 N–H and O–H groups in total. The molecule has 2 heterocycles. The van der Waals surface area contributed by atoms with Gasteiger partial charge in [-0.1, -0.05) is 20.3 Å². The number of amides is 1. The Morgan fingerprint density at radius 1 is 1.25 bits per heavy atom. The third kappa shape index (κ3) is 4.27. The van der Waals surface area contributed by atoms with Crippen LogP contribution in [0.2, 0.25) is 0 Å². The molecule has 2 rings (SSSR count). The molecule has 0 spiro atoms. The summed E-state index contributed by atoms with van der Waals surface area (Å²) in [5.74, 6) is -1.51. The molecule has 24 heavy (non-hydrogen) atoms. The van der Waals surface area contributed by atoms with Crippen molar-refractivity contribution in [3.8, 4) is 0 Å². The Morgan fingerprint density at radius 3 is 2.58 bits per heavy atom. The number of hydrogen-bond acceptors (Lipinski definition) is 4. The van der Waals surface area contributed by atoms with E-state index in [4.69, 9.17) is 0 Å². The number of rotatable bonds is 6. The first-order chi connectivity index (χ1) is 11.3. The van der Waals surface area contributed by atoms with Gasteiger partial charge >= 0.3 is 5.97 Å². The van der Waals surface area contributed by atoms with Crippen molar-refractivity contribution in [1.29, 1.82) is 0 Å². The minimum Gasteiger partial charge on any atom is -0.481 e. The fraction of sp³-hybridized carbons (Fsp3) is 0.875. The van der Waals surface area contributed by atoms with Crippen LogP contribution in [-0.2, 0) is 19.6 Å². The Labute approximate surface area is 144 Å². The molecule has 0 bridgehead atoms. The molecule has 7 nitrogen and oxygen atoms in total. The summed E-state index contributed by atoms with van der Waals surface area (Å²) in [4.78, 5) is 25.7. The molecule has 2 fully saturated rings. The summed E-state index contributed by atoms with van der Waals surface area (Å²) in [5.41, 5.74) is 0. The maximum atomic E-state index is 12.9. The molecular weight excluding hydrogens is 332 g/mol. The number of carbonyl (C=O) groups excluding carboxylic acids is 1. The molecule has 3 atom stereocenters. The Balaban J connectivity index is 2.11. The lowest BCUT2D eigenvalue weighted by molar-refractivity contribution is -0.147. The summed E-state index contributed by atoms with van der Waals surface area (Å²) in [6.45, 7) is 4.93. The summed E-state index contributed by atoms with van der Waals surface area (Å²) in [6, 6.07) is -0.661. The largest absolute Gasteiger partial charge is 0.481 e. The predicted octanol–water partition coefficient (Wildman–Crippen LogP) is 1.15. The van der Waals surface area contributed by atoms with E-state index in [1.807, 2.05) is 13.8 Å². The van der Waals surface area contributed by atoms with Crippen molar-refractivity contribution in [2.75, 3.05) is 25.4 Å². The number of hydrogen-bond donors (Lipinski definition) is 1. The van der Waals surface area contributed by atoms with E-state index in [9.17, 15) is 23.1 Å². The van der Waals surface area contributed by atoms with E-state index in [1.54, 1.807) is 4.90 Å². The fourth-order valence-corrected chi connectivity index (χ4v) is 5.56. The van der Waals surface area contributed by atoms with Crippen LogP contribution in [-0.4, -0.2) is 66.0 Å². The fourth-order valence-electron chi connectivity index (χ4n) is 3.69. The van der Waals surface area contributed by atoms with Crippen molar-refractivity contribution >= 4 is 21.9 Å². The normalized spacial score (nSPS) is 28.9. The van der Waals surface area contributed by atoms with Crippen molar-refractivity contribution < 1.29 is 23.1 Å². The number of nitrogens with zero attached hydrogens (tertiary/aromatic N) is 2. The quantitative estimate of drug-likeness (QED) is 0.767. The van der Waals surface area contributed by atoms with Gasteiger partial charge in [-0.2, -0.15) is 4.31 Å². The first kappa shape index (κ1) is 19.2. The lowest BCUT2D eigenvalue weighted by Gasteiger charge is -2.37. The summed E-state index contributed by atoms with van der Waals surface area (Å²) < 4.78 is 26.3. The molecule has 1 amide bonds. The summed E-state index contributed by atoms with van der Waals surface area (Å²) in [7, 11) is -3.43. The predicted molar refractivity (Wildman–Crippen MR) is 89.9 cm³/mol. The van der Waals surface area contributed by atoms with Crippen LogP contribution in [0.3, 0.4) is 0 Å². The standard InChI is InChI=1S/C16H28N2O5S/c1-3-4-8-24(22,23)18-7-5-6-14(18)15(19)17-10-12(2)9-13(11-17)16(20)21/h12-14H,3-11H2,1-2H3,(H,20,21). The number of aliphatic carboxylic acids is 1. The highest BCUT2D eigenvalue weighted by molar-refractivity contribution is 7.89. The van der Waals surface area contributed by atoms with Crippen molar-refractivity contribution in [1.82, 2.24) is 9.21 Å². The van der Waals surface area contributed by atoms with Gasteiger partial charge in [-0.3, -0.25) is 9.59 Å². The van der Waals surface area contributed by atoms with Crippen LogP contribution in [0.4, 0.5) is 0 Å². The van der Waals surface area contributed by atoms with Gasteiger partial charge in [0, 0.05) is 19.6 Å². The Kier molecular flexibility index (Phi) is 6.25. The van der Waals surface area contributed by atoms with Crippen LogP contribution in [0.25, 0.3) is 0 Å². The van der Waals surface area contributed by atoms with E-state index >= 15 is 0 Å². The topological polar surface area (TPSA) is 95.0 Å². The number of carbonyl (C=O) groups is 2. The van der Waals surface area contributed by atoms with Crippen LogP contribution in [0.5, 0.6) is 0 Å². The molecule has 0 aromatic rings. The van der Waals surface area contributed by atoms with Gasteiger partial charge in [-0.05, 0) is 31.6 Å². The van der Waals surface area contributed by atoms with E-state index in [0.717, 1.165) is 6.42 Å². The maximum Gasteiger partial charge on any atom is 0.308 e. The molecule has 138 valence electrons. The van der Waals surface area contributed by atoms with Gasteiger partial charge in [0.1, 0.15) is 6.04 Å². The van der Waals surface area contributed by atoms with Gasteiger partial charge in [-0.15, -0.1) is 0 Å². The van der Waals surface area contributed by atoms with Gasteiger partial charge in [0.2, 0.25) is 15.9 Å². The minimum absolute atomic E-state index is 0.0709. The number of piperidine rings is 1. The highest BCUT2D eigenvalue weighted by Gasteiger charge is 2.42. The molecule has 0 radical (unpaired) electrons. The first-order valence-corrected chi connectivity index (χ1v) is 10.4. The van der Waals surface area contributed by atoms with Gasteiger partial charge in [0.25, 0.3) is 0 Å². The molecule has 3 unspecified atom stereocenters. The summed E-state index contributed by atoms with van der Waals surface area (Å²) in [5, 5.41) is 9.26. The summed E-state index contributed by atoms with van der Waals surface area (Å²) >= 11 is 0. The molecular formula is C16H28N2O5S. The van der Waals surface area contributed by atoms with Crippen molar-refractivity contribution in [3.05, 3.63) is 0 Å². The lowest BCUT2D eigenvalue weighted by Crippen LogP contribution is -2.53. The number of carboxylic acids is 1. The van der Waals surface area contributed by atoms with E-state index in [-0.39, 0.29) is 24.1 Å². The SMILES string of the molecule is CCCCS(=O)(=O)N1CCCC1C(=O)N1CC(C)CC(C(=O)O)C1. The zero-order valence-electron chi connectivity index (χ0n) is 14.5. The zero-order valence-corrected chi connectivity index (χ0v) is 15.3. The van der Waals surface area contributed by atoms with Crippen LogP contribution in [0.1, 0.15) is 46.0 Å². The van der Waals surface area contributed by atoms with Crippen LogP contribution in [0, 0.1) is 11.8 Å². The van der Waals surface area contributed by atoms with Crippen LogP contribution < -0.4 is 0 Å². The second-order valence-corrected chi connectivity index (χ2v) is 9.10. The van der Waals surface area contributed by atoms with Gasteiger partial charge < -0.3 is 10.0 Å². The molecule has 0 aromatic heterocycles. The number of likely N-dealkylation sites (tertiary alicyclic amines) is 1. The zero-order chi connectivity index (χ0) is 17.9. The molecule has 2 aliphatic rings. The monoisotopic (exact) mass is 360 g/mol. The van der Waals surface area contributed by atoms with E-state index in [2.05, 4.69) is 0 Å². The minimum atomic E-state index is -3.43. The van der Waals surface area contributed by atoms with Crippen molar-refractivity contribution in [2.45, 2.75) is 52.0 Å². The highest BCUT2D eigenvalue weighted by atomic mass is 32.2. The summed E-state index contributed by atoms with van der Waals surface area (Å²) in [6.07, 6.45) is 3.12. The van der Waals surface area contributed by atoms with Crippen molar-refractivity contribution in [2.24, 2.45) is 11.8 Å². The second kappa shape index (κ2) is 7.82. The molecule has 0 saturated carbocycles. The molecule has 0 aliphatic carbocycles. The average Bonchev–Trinajstić information content (AvgIpc) is 3.02. The highest BCUT2D eigenvalue weighted by Crippen LogP contribution is 2.27. The number of unbranched alkanes of at least 4 members (excludes halogenated alkanes) is 1. The molecule has 0 aromatic carbocycles. The van der Waals surface area contributed by atoms with Gasteiger partial charge in [0.05, 0.1) is 11.7 Å². The first-order valence-electron chi connectivity index (χ1n) is 8.77. The van der Waals surface area contributed by atoms with E-state index in [1.165, 1.54) is 4.31 Å². The van der Waals surface area contributed by atoms with Crippen molar-refractivity contribution in [3.63, 3.8) is 0 Å². The van der Waals surface area contributed by atoms with Gasteiger partial charge in [0.15, 0.2) is 0 Å². The smallest absolute Gasteiger partial charge is 0.308 e. The molecule has 2 saturated heterocycles. The van der Waals surface area contributed by atoms with Crippen LogP contribution >= 0.6 is 0 Å².